The number of ketones is 1. The Morgan fingerprint density at radius 1 is 1.29 bits per heavy atom. The van der Waals surface area contributed by atoms with Crippen molar-refractivity contribution in [2.24, 2.45) is 0 Å². The van der Waals surface area contributed by atoms with Crippen LogP contribution in [0, 0.1) is 0 Å². The molecule has 1 nitrogen and oxygen atoms in total. The lowest BCUT2D eigenvalue weighted by Crippen LogP contribution is -2.32. The smallest absolute Gasteiger partial charge is 0.144 e. The van der Waals surface area contributed by atoms with E-state index in [1.807, 2.05) is 30.3 Å². The van der Waals surface area contributed by atoms with Crippen molar-refractivity contribution >= 4 is 17.4 Å². The molecule has 0 amide bonds. The molecule has 1 atom stereocenters. The molecule has 0 saturated heterocycles. The highest BCUT2D eigenvalue weighted by atomic mass is 35.5. The molecular formula is C12H13ClO. The van der Waals surface area contributed by atoms with Crippen LogP contribution in [0.4, 0.5) is 0 Å². The fraction of sp³-hybridized carbons (Fsp3) is 0.417. The number of rotatable bonds is 2. The Labute approximate surface area is 89.1 Å². The van der Waals surface area contributed by atoms with Gasteiger partial charge < -0.3 is 0 Å². The van der Waals surface area contributed by atoms with E-state index < -0.39 is 0 Å². The van der Waals surface area contributed by atoms with Gasteiger partial charge in [0.1, 0.15) is 5.78 Å². The standard InChI is InChI=1S/C12H13ClO/c13-9-12(8-4-7-11(12)14)10-5-2-1-3-6-10/h1-3,5-6H,4,7-9H2/t12-/m0/s1. The summed E-state index contributed by atoms with van der Waals surface area (Å²) in [5, 5.41) is 0. The Kier molecular flexibility index (Phi) is 2.60. The van der Waals surface area contributed by atoms with Gasteiger partial charge in [-0.25, -0.2) is 0 Å². The van der Waals surface area contributed by atoms with Gasteiger partial charge in [-0.15, -0.1) is 11.6 Å². The van der Waals surface area contributed by atoms with Crippen molar-refractivity contribution in [1.82, 2.24) is 0 Å². The van der Waals surface area contributed by atoms with Crippen LogP contribution in [-0.2, 0) is 10.2 Å². The van der Waals surface area contributed by atoms with Gasteiger partial charge in [-0.05, 0) is 18.4 Å². The number of alkyl halides is 1. The molecule has 0 radical (unpaired) electrons. The van der Waals surface area contributed by atoms with Crippen LogP contribution in [0.25, 0.3) is 0 Å². The van der Waals surface area contributed by atoms with Gasteiger partial charge in [0, 0.05) is 12.3 Å². The SMILES string of the molecule is O=C1CCC[C@]1(CCl)c1ccccc1. The number of Topliss-reactive ketones (excluding diaryl/α,β-unsaturated/α-hetero) is 1. The molecule has 0 unspecified atom stereocenters. The monoisotopic (exact) mass is 208 g/mol. The van der Waals surface area contributed by atoms with E-state index in [4.69, 9.17) is 11.6 Å². The van der Waals surface area contributed by atoms with Crippen molar-refractivity contribution in [3.63, 3.8) is 0 Å². The summed E-state index contributed by atoms with van der Waals surface area (Å²) >= 11 is 5.97. The van der Waals surface area contributed by atoms with E-state index in [0.29, 0.717) is 18.1 Å². The van der Waals surface area contributed by atoms with Gasteiger partial charge in [-0.1, -0.05) is 30.3 Å². The molecule has 14 heavy (non-hydrogen) atoms. The van der Waals surface area contributed by atoms with Crippen molar-refractivity contribution < 1.29 is 4.79 Å². The lowest BCUT2D eigenvalue weighted by molar-refractivity contribution is -0.121. The van der Waals surface area contributed by atoms with Gasteiger partial charge in [-0.3, -0.25) is 4.79 Å². The van der Waals surface area contributed by atoms with Gasteiger partial charge in [-0.2, -0.15) is 0 Å². The first-order valence-electron chi connectivity index (χ1n) is 4.94. The van der Waals surface area contributed by atoms with Crippen LogP contribution >= 0.6 is 11.6 Å². The third kappa shape index (κ3) is 1.36. The summed E-state index contributed by atoms with van der Waals surface area (Å²) < 4.78 is 0. The number of carbonyl (C=O) groups excluding carboxylic acids is 1. The molecular weight excluding hydrogens is 196 g/mol. The second kappa shape index (κ2) is 3.74. The Morgan fingerprint density at radius 3 is 2.50 bits per heavy atom. The molecule has 0 N–H and O–H groups in total. The van der Waals surface area contributed by atoms with Crippen LogP contribution in [0.15, 0.2) is 30.3 Å². The molecule has 74 valence electrons. The fourth-order valence-electron chi connectivity index (χ4n) is 2.21. The van der Waals surface area contributed by atoms with Crippen LogP contribution in [0.2, 0.25) is 0 Å². The molecule has 1 fully saturated rings. The highest BCUT2D eigenvalue weighted by Crippen LogP contribution is 2.39. The molecule has 2 heteroatoms. The minimum absolute atomic E-state index is 0.304. The molecule has 1 aromatic rings. The second-order valence-electron chi connectivity index (χ2n) is 3.86. The first-order chi connectivity index (χ1) is 6.79. The minimum atomic E-state index is -0.386. The van der Waals surface area contributed by atoms with Crippen molar-refractivity contribution in [2.75, 3.05) is 5.88 Å². The lowest BCUT2D eigenvalue weighted by Gasteiger charge is -2.24. The van der Waals surface area contributed by atoms with Gasteiger partial charge in [0.15, 0.2) is 0 Å². The Hall–Kier alpha value is -0.820. The van der Waals surface area contributed by atoms with Crippen LogP contribution < -0.4 is 0 Å². The van der Waals surface area contributed by atoms with E-state index in [-0.39, 0.29) is 5.41 Å². The molecule has 0 bridgehead atoms. The molecule has 2 rings (SSSR count). The van der Waals surface area contributed by atoms with E-state index in [9.17, 15) is 4.79 Å². The largest absolute Gasteiger partial charge is 0.299 e. The molecule has 0 aliphatic heterocycles. The van der Waals surface area contributed by atoms with E-state index in [2.05, 4.69) is 0 Å². The summed E-state index contributed by atoms with van der Waals surface area (Å²) in [5.41, 5.74) is 0.695. The van der Waals surface area contributed by atoms with Gasteiger partial charge in [0.25, 0.3) is 0 Å². The highest BCUT2D eigenvalue weighted by Gasteiger charge is 2.42. The first-order valence-corrected chi connectivity index (χ1v) is 5.48. The average Bonchev–Trinajstić information content (AvgIpc) is 2.62. The maximum Gasteiger partial charge on any atom is 0.144 e. The number of halogens is 1. The molecule has 1 aliphatic rings. The van der Waals surface area contributed by atoms with E-state index in [0.717, 1.165) is 18.4 Å². The predicted molar refractivity (Wildman–Crippen MR) is 57.7 cm³/mol. The number of hydrogen-bond acceptors (Lipinski definition) is 1. The van der Waals surface area contributed by atoms with Gasteiger partial charge in [0.05, 0.1) is 5.41 Å². The summed E-state index contributed by atoms with van der Waals surface area (Å²) in [4.78, 5) is 11.8. The Balaban J connectivity index is 2.43. The Bertz CT molecular complexity index is 333. The van der Waals surface area contributed by atoms with Crippen LogP contribution in [0.1, 0.15) is 24.8 Å². The van der Waals surface area contributed by atoms with Crippen molar-refractivity contribution in [3.8, 4) is 0 Å². The summed E-state index contributed by atoms with van der Waals surface area (Å²) in [7, 11) is 0. The van der Waals surface area contributed by atoms with Crippen LogP contribution in [-0.4, -0.2) is 11.7 Å². The number of hydrogen-bond donors (Lipinski definition) is 0. The minimum Gasteiger partial charge on any atom is -0.299 e. The van der Waals surface area contributed by atoms with Crippen molar-refractivity contribution in [3.05, 3.63) is 35.9 Å². The van der Waals surface area contributed by atoms with E-state index in [1.165, 1.54) is 0 Å². The summed E-state index contributed by atoms with van der Waals surface area (Å²) in [5.74, 6) is 0.717. The third-order valence-electron chi connectivity index (χ3n) is 3.10. The number of benzene rings is 1. The van der Waals surface area contributed by atoms with Crippen LogP contribution in [0.5, 0.6) is 0 Å². The molecule has 0 heterocycles. The first kappa shape index (κ1) is 9.72. The van der Waals surface area contributed by atoms with Gasteiger partial charge >= 0.3 is 0 Å². The summed E-state index contributed by atoms with van der Waals surface area (Å²) in [6.07, 6.45) is 2.56. The quantitative estimate of drug-likeness (QED) is 0.683. The van der Waals surface area contributed by atoms with Crippen molar-refractivity contribution in [1.29, 1.82) is 0 Å². The molecule has 1 aliphatic carbocycles. The normalized spacial score (nSPS) is 26.8. The second-order valence-corrected chi connectivity index (χ2v) is 4.13. The topological polar surface area (TPSA) is 17.1 Å². The summed E-state index contributed by atoms with van der Waals surface area (Å²) in [6, 6.07) is 9.91. The summed E-state index contributed by atoms with van der Waals surface area (Å²) in [6.45, 7) is 0. The van der Waals surface area contributed by atoms with Crippen molar-refractivity contribution in [2.45, 2.75) is 24.7 Å². The zero-order valence-corrected chi connectivity index (χ0v) is 8.76. The lowest BCUT2D eigenvalue weighted by atomic mass is 9.80. The number of carbonyl (C=O) groups is 1. The Morgan fingerprint density at radius 2 is 2.00 bits per heavy atom. The van der Waals surface area contributed by atoms with E-state index >= 15 is 0 Å². The zero-order chi connectivity index (χ0) is 10.0. The van der Waals surface area contributed by atoms with E-state index in [1.54, 1.807) is 0 Å². The highest BCUT2D eigenvalue weighted by molar-refractivity contribution is 6.21. The maximum atomic E-state index is 11.8. The predicted octanol–water partition coefficient (Wildman–Crippen LogP) is 2.92. The van der Waals surface area contributed by atoms with Crippen LogP contribution in [0.3, 0.4) is 0 Å². The fourth-order valence-corrected chi connectivity index (χ4v) is 2.65. The zero-order valence-electron chi connectivity index (χ0n) is 8.00. The molecule has 0 aromatic heterocycles. The maximum absolute atomic E-state index is 11.8. The molecule has 1 aromatic carbocycles. The molecule has 0 spiro atoms. The third-order valence-corrected chi connectivity index (χ3v) is 3.55. The average molecular weight is 209 g/mol. The van der Waals surface area contributed by atoms with Gasteiger partial charge in [0.2, 0.25) is 0 Å². The molecule has 1 saturated carbocycles.